The van der Waals surface area contributed by atoms with E-state index < -0.39 is 5.97 Å². The molecule has 1 N–H and O–H groups in total. The Morgan fingerprint density at radius 1 is 1.45 bits per heavy atom. The summed E-state index contributed by atoms with van der Waals surface area (Å²) in [7, 11) is 1.46. The molecule has 0 fully saturated rings. The molecule has 0 aliphatic carbocycles. The lowest BCUT2D eigenvalue weighted by Gasteiger charge is -2.07. The molecule has 0 saturated heterocycles. The van der Waals surface area contributed by atoms with Crippen molar-refractivity contribution in [2.75, 3.05) is 7.11 Å². The molecular weight excluding hydrogens is 278 g/mol. The first-order valence-corrected chi connectivity index (χ1v) is 6.97. The number of ether oxygens (including phenoxy) is 1. The predicted octanol–water partition coefficient (Wildman–Crippen LogP) is 3.29. The van der Waals surface area contributed by atoms with E-state index in [1.807, 2.05) is 13.8 Å². The van der Waals surface area contributed by atoms with E-state index >= 15 is 0 Å². The molecule has 0 spiro atoms. The van der Waals surface area contributed by atoms with Crippen molar-refractivity contribution >= 4 is 17.7 Å². The SMILES string of the molecule is COc1cc(CSc2nc(C)c(C)o2)ccc1C(=O)O. The van der Waals surface area contributed by atoms with Crippen molar-refractivity contribution < 1.29 is 19.1 Å². The quantitative estimate of drug-likeness (QED) is 0.853. The molecule has 0 atom stereocenters. The Balaban J connectivity index is 2.12. The van der Waals surface area contributed by atoms with Gasteiger partial charge in [-0.05, 0) is 31.5 Å². The number of carbonyl (C=O) groups is 1. The fraction of sp³-hybridized carbons (Fsp3) is 0.286. The summed E-state index contributed by atoms with van der Waals surface area (Å²) in [6.45, 7) is 3.77. The Morgan fingerprint density at radius 2 is 2.20 bits per heavy atom. The third kappa shape index (κ3) is 3.14. The molecule has 0 aliphatic heterocycles. The number of carboxylic acids is 1. The molecule has 0 amide bonds. The van der Waals surface area contributed by atoms with Crippen molar-refractivity contribution in [2.45, 2.75) is 24.8 Å². The van der Waals surface area contributed by atoms with Crippen LogP contribution in [-0.2, 0) is 5.75 Å². The zero-order valence-electron chi connectivity index (χ0n) is 11.5. The van der Waals surface area contributed by atoms with Crippen LogP contribution in [0.2, 0.25) is 0 Å². The molecule has 106 valence electrons. The van der Waals surface area contributed by atoms with E-state index in [0.29, 0.717) is 16.7 Å². The number of aromatic carboxylic acids is 1. The second kappa shape index (κ2) is 6.00. The van der Waals surface area contributed by atoms with E-state index in [4.69, 9.17) is 14.3 Å². The molecule has 6 heteroatoms. The second-order valence-corrected chi connectivity index (χ2v) is 5.18. The van der Waals surface area contributed by atoms with Gasteiger partial charge in [-0.2, -0.15) is 0 Å². The number of thioether (sulfide) groups is 1. The lowest BCUT2D eigenvalue weighted by molar-refractivity contribution is 0.0693. The highest BCUT2D eigenvalue weighted by molar-refractivity contribution is 7.98. The Hall–Kier alpha value is -1.95. The van der Waals surface area contributed by atoms with Gasteiger partial charge < -0.3 is 14.3 Å². The molecule has 20 heavy (non-hydrogen) atoms. The van der Waals surface area contributed by atoms with Gasteiger partial charge in [-0.15, -0.1) is 0 Å². The first-order valence-electron chi connectivity index (χ1n) is 5.98. The van der Waals surface area contributed by atoms with Gasteiger partial charge in [0.15, 0.2) is 0 Å². The average Bonchev–Trinajstić information content (AvgIpc) is 2.75. The minimum Gasteiger partial charge on any atom is -0.496 e. The van der Waals surface area contributed by atoms with Gasteiger partial charge in [-0.3, -0.25) is 0 Å². The van der Waals surface area contributed by atoms with Gasteiger partial charge in [0.25, 0.3) is 5.22 Å². The minimum absolute atomic E-state index is 0.157. The number of hydrogen-bond donors (Lipinski definition) is 1. The third-order valence-electron chi connectivity index (χ3n) is 2.87. The number of aromatic nitrogens is 1. The topological polar surface area (TPSA) is 72.6 Å². The standard InChI is InChI=1S/C14H15NO4S/c1-8-9(2)19-14(15-8)20-7-10-4-5-11(13(16)17)12(6-10)18-3/h4-6H,7H2,1-3H3,(H,16,17). The van der Waals surface area contributed by atoms with Gasteiger partial charge >= 0.3 is 5.97 Å². The van der Waals surface area contributed by atoms with Crippen LogP contribution in [0, 0.1) is 13.8 Å². The van der Waals surface area contributed by atoms with Crippen molar-refractivity contribution in [1.29, 1.82) is 0 Å². The van der Waals surface area contributed by atoms with Gasteiger partial charge in [-0.1, -0.05) is 17.8 Å². The average molecular weight is 293 g/mol. The number of benzene rings is 1. The summed E-state index contributed by atoms with van der Waals surface area (Å²) in [5, 5.41) is 9.63. The normalized spacial score (nSPS) is 10.6. The lowest BCUT2D eigenvalue weighted by atomic mass is 10.1. The summed E-state index contributed by atoms with van der Waals surface area (Å²) < 4.78 is 10.6. The first kappa shape index (κ1) is 14.5. The summed E-state index contributed by atoms with van der Waals surface area (Å²) in [4.78, 5) is 15.3. The van der Waals surface area contributed by atoms with Gasteiger partial charge in [0.1, 0.15) is 17.1 Å². The maximum absolute atomic E-state index is 11.0. The molecular formula is C14H15NO4S. The second-order valence-electron chi connectivity index (χ2n) is 4.25. The summed E-state index contributed by atoms with van der Waals surface area (Å²) in [6.07, 6.45) is 0. The third-order valence-corrected chi connectivity index (χ3v) is 3.77. The fourth-order valence-corrected chi connectivity index (χ4v) is 2.51. The molecule has 1 aromatic heterocycles. The fourth-order valence-electron chi connectivity index (χ4n) is 1.65. The van der Waals surface area contributed by atoms with E-state index in [0.717, 1.165) is 17.0 Å². The molecule has 1 aromatic carbocycles. The minimum atomic E-state index is -1.000. The van der Waals surface area contributed by atoms with Crippen LogP contribution >= 0.6 is 11.8 Å². The maximum Gasteiger partial charge on any atom is 0.339 e. The van der Waals surface area contributed by atoms with Crippen molar-refractivity contribution in [3.63, 3.8) is 0 Å². The zero-order chi connectivity index (χ0) is 14.7. The zero-order valence-corrected chi connectivity index (χ0v) is 12.3. The van der Waals surface area contributed by atoms with Crippen molar-refractivity contribution in [3.8, 4) is 5.75 Å². The number of carboxylic acid groups (broad SMARTS) is 1. The Kier molecular flexibility index (Phi) is 4.34. The van der Waals surface area contributed by atoms with Crippen LogP contribution in [0.4, 0.5) is 0 Å². The molecule has 0 saturated carbocycles. The molecule has 2 aromatic rings. The van der Waals surface area contributed by atoms with Crippen LogP contribution < -0.4 is 4.74 Å². The van der Waals surface area contributed by atoms with Gasteiger partial charge in [0.05, 0.1) is 12.8 Å². The van der Waals surface area contributed by atoms with Crippen LogP contribution in [0.3, 0.4) is 0 Å². The van der Waals surface area contributed by atoms with E-state index in [-0.39, 0.29) is 5.56 Å². The number of methoxy groups -OCH3 is 1. The molecule has 0 bridgehead atoms. The Morgan fingerprint density at radius 3 is 2.75 bits per heavy atom. The number of oxazole rings is 1. The lowest BCUT2D eigenvalue weighted by Crippen LogP contribution is -2.00. The molecule has 0 aliphatic rings. The van der Waals surface area contributed by atoms with Crippen LogP contribution in [0.1, 0.15) is 27.4 Å². The number of nitrogens with zero attached hydrogens (tertiary/aromatic N) is 1. The Labute approximate surface area is 121 Å². The molecule has 5 nitrogen and oxygen atoms in total. The van der Waals surface area contributed by atoms with Crippen molar-refractivity contribution in [1.82, 2.24) is 4.98 Å². The summed E-state index contributed by atoms with van der Waals surface area (Å²) in [6, 6.07) is 5.03. The predicted molar refractivity (Wildman–Crippen MR) is 75.5 cm³/mol. The maximum atomic E-state index is 11.0. The summed E-state index contributed by atoms with van der Waals surface area (Å²) in [5.74, 6) is 0.803. The van der Waals surface area contributed by atoms with E-state index in [1.54, 1.807) is 18.2 Å². The van der Waals surface area contributed by atoms with Crippen molar-refractivity contribution in [2.24, 2.45) is 0 Å². The molecule has 0 radical (unpaired) electrons. The number of aryl methyl sites for hydroxylation is 2. The van der Waals surface area contributed by atoms with Crippen LogP contribution in [0.25, 0.3) is 0 Å². The molecule has 0 unspecified atom stereocenters. The largest absolute Gasteiger partial charge is 0.496 e. The monoisotopic (exact) mass is 293 g/mol. The summed E-state index contributed by atoms with van der Waals surface area (Å²) >= 11 is 1.46. The van der Waals surface area contributed by atoms with Gasteiger partial charge in [0.2, 0.25) is 0 Å². The molecule has 1 heterocycles. The van der Waals surface area contributed by atoms with E-state index in [2.05, 4.69) is 4.98 Å². The first-order chi connectivity index (χ1) is 9.51. The van der Waals surface area contributed by atoms with Crippen molar-refractivity contribution in [3.05, 3.63) is 40.8 Å². The Bertz CT molecular complexity index is 617. The summed E-state index contributed by atoms with van der Waals surface area (Å²) in [5.41, 5.74) is 1.99. The van der Waals surface area contributed by atoms with Gasteiger partial charge in [-0.25, -0.2) is 9.78 Å². The van der Waals surface area contributed by atoms with E-state index in [1.165, 1.54) is 18.9 Å². The van der Waals surface area contributed by atoms with Gasteiger partial charge in [0, 0.05) is 5.75 Å². The highest BCUT2D eigenvalue weighted by Crippen LogP contribution is 2.27. The van der Waals surface area contributed by atoms with Crippen LogP contribution in [0.15, 0.2) is 27.8 Å². The van der Waals surface area contributed by atoms with Crippen LogP contribution in [-0.4, -0.2) is 23.2 Å². The van der Waals surface area contributed by atoms with E-state index in [9.17, 15) is 4.79 Å². The highest BCUT2D eigenvalue weighted by atomic mass is 32.2. The smallest absolute Gasteiger partial charge is 0.339 e. The molecule has 2 rings (SSSR count). The highest BCUT2D eigenvalue weighted by Gasteiger charge is 2.12. The number of hydrogen-bond acceptors (Lipinski definition) is 5. The van der Waals surface area contributed by atoms with Crippen LogP contribution in [0.5, 0.6) is 5.75 Å². The number of rotatable bonds is 5.